The van der Waals surface area contributed by atoms with Crippen molar-refractivity contribution in [1.82, 2.24) is 24.4 Å². The van der Waals surface area contributed by atoms with E-state index in [1.807, 2.05) is 0 Å². The van der Waals surface area contributed by atoms with Gasteiger partial charge in [0.1, 0.15) is 5.02 Å². The molecule has 4 heterocycles. The van der Waals surface area contributed by atoms with Crippen molar-refractivity contribution in [2.75, 3.05) is 5.32 Å². The fourth-order valence-corrected chi connectivity index (χ4v) is 3.48. The number of rotatable bonds is 3. The largest absolute Gasteiger partial charge is 0.433 e. The van der Waals surface area contributed by atoms with Crippen molar-refractivity contribution in [3.05, 3.63) is 52.3 Å². The van der Waals surface area contributed by atoms with E-state index in [1.54, 1.807) is 30.8 Å². The van der Waals surface area contributed by atoms with Gasteiger partial charge in [0.05, 0.1) is 10.6 Å². The van der Waals surface area contributed by atoms with Crippen LogP contribution in [0.15, 0.2) is 35.8 Å². The second-order valence-electron chi connectivity index (χ2n) is 5.73. The van der Waals surface area contributed by atoms with Gasteiger partial charge in [0.15, 0.2) is 22.9 Å². The molecule has 4 rings (SSSR count). The number of carbonyl (C=O) groups is 1. The van der Waals surface area contributed by atoms with Crippen LogP contribution in [-0.4, -0.2) is 30.3 Å². The molecular formula is C16H10ClF3N6OS. The number of aromatic nitrogens is 5. The van der Waals surface area contributed by atoms with Gasteiger partial charge in [-0.2, -0.15) is 23.4 Å². The van der Waals surface area contributed by atoms with E-state index in [-0.39, 0.29) is 27.9 Å². The van der Waals surface area contributed by atoms with E-state index in [9.17, 15) is 18.0 Å². The van der Waals surface area contributed by atoms with Gasteiger partial charge >= 0.3 is 6.18 Å². The number of thiophene rings is 1. The van der Waals surface area contributed by atoms with Crippen LogP contribution in [0, 0.1) is 0 Å². The highest BCUT2D eigenvalue weighted by Crippen LogP contribution is 2.35. The van der Waals surface area contributed by atoms with E-state index < -0.39 is 17.8 Å². The van der Waals surface area contributed by atoms with Crippen molar-refractivity contribution >= 4 is 40.3 Å². The molecule has 0 aliphatic rings. The quantitative estimate of drug-likeness (QED) is 0.534. The Balaban J connectivity index is 1.86. The van der Waals surface area contributed by atoms with Crippen molar-refractivity contribution < 1.29 is 18.0 Å². The molecule has 0 radical (unpaired) electrons. The molecule has 0 unspecified atom stereocenters. The van der Waals surface area contributed by atoms with Crippen LogP contribution in [-0.2, 0) is 13.2 Å². The zero-order chi connectivity index (χ0) is 20.1. The number of halogens is 4. The Kier molecular flexibility index (Phi) is 4.35. The molecule has 0 aliphatic carbocycles. The van der Waals surface area contributed by atoms with Crippen LogP contribution in [0.5, 0.6) is 0 Å². The van der Waals surface area contributed by atoms with Gasteiger partial charge in [-0.05, 0) is 17.5 Å². The van der Waals surface area contributed by atoms with Crippen LogP contribution >= 0.6 is 22.9 Å². The van der Waals surface area contributed by atoms with Crippen LogP contribution in [0.1, 0.15) is 16.2 Å². The molecule has 0 spiro atoms. The first kappa shape index (κ1) is 18.4. The molecule has 28 heavy (non-hydrogen) atoms. The summed E-state index contributed by atoms with van der Waals surface area (Å²) in [7, 11) is 1.65. The number of anilines is 1. The molecule has 0 aromatic carbocycles. The molecular weight excluding hydrogens is 417 g/mol. The van der Waals surface area contributed by atoms with Crippen molar-refractivity contribution in [3.63, 3.8) is 0 Å². The molecule has 4 aromatic rings. The summed E-state index contributed by atoms with van der Waals surface area (Å²) in [5, 5.41) is 11.6. The summed E-state index contributed by atoms with van der Waals surface area (Å²) >= 11 is 7.42. The molecule has 144 valence electrons. The minimum absolute atomic E-state index is 0.0910. The molecule has 0 atom stereocenters. The molecule has 0 bridgehead atoms. The fraction of sp³-hybridized carbons (Fsp3) is 0.125. The summed E-state index contributed by atoms with van der Waals surface area (Å²) in [5.74, 6) is -0.580. The number of carbonyl (C=O) groups excluding carboxylic acids is 1. The number of fused-ring (bicyclic) bond motifs is 1. The molecule has 7 nitrogen and oxygen atoms in total. The Hall–Kier alpha value is -2.92. The van der Waals surface area contributed by atoms with Gasteiger partial charge in [0, 0.05) is 19.3 Å². The predicted molar refractivity (Wildman–Crippen MR) is 97.5 cm³/mol. The number of amides is 1. The molecule has 0 saturated heterocycles. The molecule has 12 heteroatoms. The normalized spacial score (nSPS) is 11.9. The summed E-state index contributed by atoms with van der Waals surface area (Å²) in [4.78, 5) is 17.2. The number of nitrogens with one attached hydrogen (secondary N) is 1. The zero-order valence-corrected chi connectivity index (χ0v) is 15.6. The maximum absolute atomic E-state index is 13.6. The molecule has 1 amide bonds. The van der Waals surface area contributed by atoms with E-state index in [2.05, 4.69) is 20.5 Å². The lowest BCUT2D eigenvalue weighted by atomic mass is 10.2. The van der Waals surface area contributed by atoms with Crippen molar-refractivity contribution in [2.24, 2.45) is 7.05 Å². The van der Waals surface area contributed by atoms with Crippen LogP contribution in [0.4, 0.5) is 19.0 Å². The maximum atomic E-state index is 13.6. The molecule has 0 aliphatic heterocycles. The standard InChI is InChI=1S/C16H10ClF3N6OS/c1-25-5-4-11(23-25)22-15(27)13-12(17)14-21-8(9-3-2-6-28-9)7-10(16(18,19)20)26(14)24-13/h2-7H,1H3,(H,22,23,27). The number of hydrogen-bond donors (Lipinski definition) is 1. The van der Waals surface area contributed by atoms with E-state index >= 15 is 0 Å². The van der Waals surface area contributed by atoms with Crippen LogP contribution in [0.25, 0.3) is 16.2 Å². The lowest BCUT2D eigenvalue weighted by Crippen LogP contribution is -2.16. The van der Waals surface area contributed by atoms with Gasteiger partial charge in [0.2, 0.25) is 0 Å². The van der Waals surface area contributed by atoms with E-state index in [0.29, 0.717) is 9.39 Å². The summed E-state index contributed by atoms with van der Waals surface area (Å²) in [5.41, 5.74) is -1.63. The second kappa shape index (κ2) is 6.60. The number of nitrogens with zero attached hydrogens (tertiary/aromatic N) is 5. The van der Waals surface area contributed by atoms with Crippen molar-refractivity contribution in [3.8, 4) is 10.6 Å². The predicted octanol–water partition coefficient (Wildman–Crippen LogP) is 4.12. The third-order valence-corrected chi connectivity index (χ3v) is 5.01. The molecule has 0 fully saturated rings. The van der Waals surface area contributed by atoms with Gasteiger partial charge < -0.3 is 5.32 Å². The SMILES string of the molecule is Cn1ccc(NC(=O)c2nn3c(C(F)(F)F)cc(-c4cccs4)nc3c2Cl)n1. The van der Waals surface area contributed by atoms with Crippen LogP contribution < -0.4 is 5.32 Å². The Morgan fingerprint density at radius 2 is 2.07 bits per heavy atom. The van der Waals surface area contributed by atoms with E-state index in [0.717, 1.165) is 6.07 Å². The Morgan fingerprint density at radius 3 is 2.68 bits per heavy atom. The number of hydrogen-bond acceptors (Lipinski definition) is 5. The molecule has 1 N–H and O–H groups in total. The second-order valence-corrected chi connectivity index (χ2v) is 7.05. The van der Waals surface area contributed by atoms with Gasteiger partial charge in [0.25, 0.3) is 5.91 Å². The lowest BCUT2D eigenvalue weighted by Gasteiger charge is -2.10. The number of aryl methyl sites for hydroxylation is 1. The Labute approximate surface area is 164 Å². The first-order chi connectivity index (χ1) is 13.2. The van der Waals surface area contributed by atoms with E-state index in [4.69, 9.17) is 11.6 Å². The minimum atomic E-state index is -4.72. The third kappa shape index (κ3) is 3.22. The summed E-state index contributed by atoms with van der Waals surface area (Å²) in [6.45, 7) is 0. The van der Waals surface area contributed by atoms with E-state index in [1.165, 1.54) is 22.1 Å². The van der Waals surface area contributed by atoms with Gasteiger partial charge in [-0.15, -0.1) is 11.3 Å². The molecule has 0 saturated carbocycles. The third-order valence-electron chi connectivity index (χ3n) is 3.77. The Morgan fingerprint density at radius 1 is 1.29 bits per heavy atom. The summed E-state index contributed by atoms with van der Waals surface area (Å²) < 4.78 is 42.8. The zero-order valence-electron chi connectivity index (χ0n) is 14.0. The van der Waals surface area contributed by atoms with Gasteiger partial charge in [-0.3, -0.25) is 9.48 Å². The van der Waals surface area contributed by atoms with Gasteiger partial charge in [-0.1, -0.05) is 17.7 Å². The summed E-state index contributed by atoms with van der Waals surface area (Å²) in [6, 6.07) is 5.74. The minimum Gasteiger partial charge on any atom is -0.304 e. The first-order valence-electron chi connectivity index (χ1n) is 7.75. The monoisotopic (exact) mass is 426 g/mol. The lowest BCUT2D eigenvalue weighted by molar-refractivity contribution is -0.142. The van der Waals surface area contributed by atoms with Crippen LogP contribution in [0.3, 0.4) is 0 Å². The fourth-order valence-electron chi connectivity index (χ4n) is 2.55. The van der Waals surface area contributed by atoms with Crippen molar-refractivity contribution in [1.29, 1.82) is 0 Å². The highest BCUT2D eigenvalue weighted by Gasteiger charge is 2.36. The average molecular weight is 427 g/mol. The topological polar surface area (TPSA) is 77.1 Å². The number of alkyl halides is 3. The Bertz CT molecular complexity index is 1180. The first-order valence-corrected chi connectivity index (χ1v) is 9.01. The summed E-state index contributed by atoms with van der Waals surface area (Å²) in [6.07, 6.45) is -3.13. The smallest absolute Gasteiger partial charge is 0.304 e. The van der Waals surface area contributed by atoms with Crippen LogP contribution in [0.2, 0.25) is 5.02 Å². The van der Waals surface area contributed by atoms with Gasteiger partial charge in [-0.25, -0.2) is 9.50 Å². The highest BCUT2D eigenvalue weighted by atomic mass is 35.5. The highest BCUT2D eigenvalue weighted by molar-refractivity contribution is 7.13. The molecule has 4 aromatic heterocycles. The maximum Gasteiger partial charge on any atom is 0.433 e. The van der Waals surface area contributed by atoms with Crippen molar-refractivity contribution in [2.45, 2.75) is 6.18 Å². The average Bonchev–Trinajstić information content (AvgIpc) is 3.35.